The summed E-state index contributed by atoms with van der Waals surface area (Å²) in [5.41, 5.74) is -3.70. The summed E-state index contributed by atoms with van der Waals surface area (Å²) in [6.07, 6.45) is -3.25. The molecule has 0 atom stereocenters. The number of hydrogen-bond donors (Lipinski definition) is 1. The van der Waals surface area contributed by atoms with E-state index in [1.165, 1.54) is 30.0 Å². The molecule has 0 bridgehead atoms. The molecule has 120 valence electrons. The molecule has 0 unspecified atom stereocenters. The lowest BCUT2D eigenvalue weighted by atomic mass is 10.2. The van der Waals surface area contributed by atoms with Gasteiger partial charge in [-0.3, -0.25) is 4.79 Å². The molecule has 0 aliphatic rings. The summed E-state index contributed by atoms with van der Waals surface area (Å²) >= 11 is 1.19. The summed E-state index contributed by atoms with van der Waals surface area (Å²) in [5.74, 6) is 5.17. The average Bonchev–Trinajstić information content (AvgIpc) is 2.49. The first-order chi connectivity index (χ1) is 10.7. The van der Waals surface area contributed by atoms with Crippen LogP contribution in [0.1, 0.15) is 11.3 Å². The number of rotatable bonds is 2. The van der Waals surface area contributed by atoms with Gasteiger partial charge in [0.1, 0.15) is 6.07 Å². The molecule has 1 heterocycles. The van der Waals surface area contributed by atoms with E-state index >= 15 is 0 Å². The Labute approximate surface area is 131 Å². The molecule has 0 saturated carbocycles. The van der Waals surface area contributed by atoms with Gasteiger partial charge in [-0.1, -0.05) is 0 Å². The van der Waals surface area contributed by atoms with Crippen molar-refractivity contribution in [3.8, 4) is 11.8 Å². The van der Waals surface area contributed by atoms with Crippen LogP contribution in [0.25, 0.3) is 5.69 Å². The van der Waals surface area contributed by atoms with Crippen molar-refractivity contribution in [1.82, 2.24) is 9.24 Å². The standard InChI is InChI=1S/C13H9F3N4O2S/c1-23-9-4-8(3-2-7(9)6-17)19-11(21)5-10(13(14,15)16)20(18)12(19)22/h2-5H,18H2,1H3. The van der Waals surface area contributed by atoms with Crippen LogP contribution >= 0.6 is 11.8 Å². The largest absolute Gasteiger partial charge is 0.433 e. The van der Waals surface area contributed by atoms with E-state index in [0.717, 1.165) is 0 Å². The van der Waals surface area contributed by atoms with E-state index in [2.05, 4.69) is 0 Å². The van der Waals surface area contributed by atoms with E-state index < -0.39 is 23.1 Å². The molecule has 0 amide bonds. The first-order valence-electron chi connectivity index (χ1n) is 6.00. The number of alkyl halides is 3. The van der Waals surface area contributed by atoms with Crippen molar-refractivity contribution in [3.63, 3.8) is 0 Å². The van der Waals surface area contributed by atoms with Crippen molar-refractivity contribution in [2.45, 2.75) is 11.1 Å². The molecule has 2 rings (SSSR count). The molecule has 1 aromatic heterocycles. The molecule has 2 N–H and O–H groups in total. The third-order valence-corrected chi connectivity index (χ3v) is 3.77. The number of nitriles is 1. The van der Waals surface area contributed by atoms with Gasteiger partial charge in [0.2, 0.25) is 0 Å². The minimum Gasteiger partial charge on any atom is -0.335 e. The minimum atomic E-state index is -4.93. The summed E-state index contributed by atoms with van der Waals surface area (Å²) in [6.45, 7) is 0. The highest BCUT2D eigenvalue weighted by Crippen LogP contribution is 2.27. The molecule has 10 heteroatoms. The fourth-order valence-corrected chi connectivity index (χ4v) is 2.50. The number of nitrogen functional groups attached to an aromatic ring is 1. The average molecular weight is 342 g/mol. The van der Waals surface area contributed by atoms with Crippen LogP contribution < -0.4 is 17.1 Å². The van der Waals surface area contributed by atoms with E-state index in [4.69, 9.17) is 11.1 Å². The Balaban J connectivity index is 2.77. The zero-order chi connectivity index (χ0) is 17.4. The first-order valence-corrected chi connectivity index (χ1v) is 7.23. The predicted molar refractivity (Wildman–Crippen MR) is 77.9 cm³/mol. The number of hydrogen-bond acceptors (Lipinski definition) is 5. The van der Waals surface area contributed by atoms with Gasteiger partial charge < -0.3 is 5.84 Å². The maximum absolute atomic E-state index is 12.7. The fourth-order valence-electron chi connectivity index (χ4n) is 1.92. The lowest BCUT2D eigenvalue weighted by Crippen LogP contribution is -2.45. The van der Waals surface area contributed by atoms with Gasteiger partial charge >= 0.3 is 11.9 Å². The Kier molecular flexibility index (Phi) is 4.24. The molecular formula is C13H9F3N4O2S. The monoisotopic (exact) mass is 342 g/mol. The molecule has 0 radical (unpaired) electrons. The van der Waals surface area contributed by atoms with Crippen LogP contribution in [0, 0.1) is 11.3 Å². The molecular weight excluding hydrogens is 333 g/mol. The highest BCUT2D eigenvalue weighted by molar-refractivity contribution is 7.98. The van der Waals surface area contributed by atoms with Crippen molar-refractivity contribution in [3.05, 3.63) is 56.4 Å². The number of aromatic nitrogens is 2. The molecule has 23 heavy (non-hydrogen) atoms. The number of thioether (sulfide) groups is 1. The maximum atomic E-state index is 12.7. The predicted octanol–water partition coefficient (Wildman–Crippen LogP) is 1.33. The first kappa shape index (κ1) is 16.7. The van der Waals surface area contributed by atoms with Crippen molar-refractivity contribution in [2.24, 2.45) is 0 Å². The summed E-state index contributed by atoms with van der Waals surface area (Å²) in [4.78, 5) is 24.4. The molecule has 1 aromatic carbocycles. The van der Waals surface area contributed by atoms with Gasteiger partial charge in [0.25, 0.3) is 5.56 Å². The molecule has 0 saturated heterocycles. The summed E-state index contributed by atoms with van der Waals surface area (Å²) in [7, 11) is 0. The van der Waals surface area contributed by atoms with Crippen molar-refractivity contribution >= 4 is 11.8 Å². The smallest absolute Gasteiger partial charge is 0.335 e. The normalized spacial score (nSPS) is 11.3. The quantitative estimate of drug-likeness (QED) is 0.656. The van der Waals surface area contributed by atoms with Crippen LogP contribution in [0.15, 0.2) is 38.8 Å². The minimum absolute atomic E-state index is 0.0243. The van der Waals surface area contributed by atoms with E-state index in [1.54, 1.807) is 6.26 Å². The van der Waals surface area contributed by atoms with E-state index in [-0.39, 0.29) is 16.4 Å². The third-order valence-electron chi connectivity index (χ3n) is 2.99. The second-order valence-corrected chi connectivity index (χ2v) is 5.20. The Morgan fingerprint density at radius 3 is 2.43 bits per heavy atom. The topological polar surface area (TPSA) is 93.8 Å². The fraction of sp³-hybridized carbons (Fsp3) is 0.154. The molecule has 0 aliphatic heterocycles. The van der Waals surface area contributed by atoms with Crippen molar-refractivity contribution < 1.29 is 13.2 Å². The van der Waals surface area contributed by atoms with E-state index in [1.807, 2.05) is 6.07 Å². The van der Waals surface area contributed by atoms with Gasteiger partial charge in [-0.05, 0) is 24.5 Å². The van der Waals surface area contributed by atoms with Gasteiger partial charge in [-0.15, -0.1) is 11.8 Å². The second kappa shape index (κ2) is 5.85. The summed E-state index contributed by atoms with van der Waals surface area (Å²) in [5, 5.41) is 8.95. The number of benzene rings is 1. The van der Waals surface area contributed by atoms with E-state index in [9.17, 15) is 22.8 Å². The number of nitrogens with zero attached hydrogens (tertiary/aromatic N) is 3. The van der Waals surface area contributed by atoms with E-state index in [0.29, 0.717) is 15.0 Å². The number of halogens is 3. The van der Waals surface area contributed by atoms with Crippen LogP contribution in [0.5, 0.6) is 0 Å². The second-order valence-electron chi connectivity index (χ2n) is 4.35. The molecule has 0 aliphatic carbocycles. The molecule has 6 nitrogen and oxygen atoms in total. The van der Waals surface area contributed by atoms with Crippen LogP contribution in [-0.2, 0) is 6.18 Å². The Morgan fingerprint density at radius 1 is 1.26 bits per heavy atom. The van der Waals surface area contributed by atoms with Gasteiger partial charge in [-0.25, -0.2) is 14.0 Å². The van der Waals surface area contributed by atoms with Crippen LogP contribution in [0.4, 0.5) is 13.2 Å². The molecule has 0 spiro atoms. The maximum Gasteiger partial charge on any atom is 0.433 e. The Morgan fingerprint density at radius 2 is 1.91 bits per heavy atom. The van der Waals surface area contributed by atoms with Gasteiger partial charge in [-0.2, -0.15) is 18.4 Å². The zero-order valence-corrected chi connectivity index (χ0v) is 12.4. The number of nitrogens with two attached hydrogens (primary N) is 1. The zero-order valence-electron chi connectivity index (χ0n) is 11.6. The third kappa shape index (κ3) is 2.95. The lowest BCUT2D eigenvalue weighted by Gasteiger charge is -2.14. The highest BCUT2D eigenvalue weighted by atomic mass is 32.2. The van der Waals surface area contributed by atoms with Crippen LogP contribution in [-0.4, -0.2) is 15.5 Å². The summed E-state index contributed by atoms with van der Waals surface area (Å²) < 4.78 is 38.6. The van der Waals surface area contributed by atoms with Gasteiger partial charge in [0, 0.05) is 11.0 Å². The van der Waals surface area contributed by atoms with Crippen LogP contribution in [0.3, 0.4) is 0 Å². The lowest BCUT2D eigenvalue weighted by molar-refractivity contribution is -0.143. The van der Waals surface area contributed by atoms with Crippen LogP contribution in [0.2, 0.25) is 0 Å². The highest BCUT2D eigenvalue weighted by Gasteiger charge is 2.35. The molecule has 2 aromatic rings. The van der Waals surface area contributed by atoms with Crippen molar-refractivity contribution in [1.29, 1.82) is 5.26 Å². The van der Waals surface area contributed by atoms with Gasteiger partial charge in [0.15, 0.2) is 5.69 Å². The van der Waals surface area contributed by atoms with Crippen molar-refractivity contribution in [2.75, 3.05) is 12.1 Å². The summed E-state index contributed by atoms with van der Waals surface area (Å²) in [6, 6.07) is 6.19. The Hall–Kier alpha value is -2.67. The Bertz CT molecular complexity index is 925. The molecule has 0 fully saturated rings. The SMILES string of the molecule is CSc1cc(-n2c(=O)cc(C(F)(F)F)n(N)c2=O)ccc1C#N. The van der Waals surface area contributed by atoms with Gasteiger partial charge in [0.05, 0.1) is 11.3 Å².